The number of nitrogen functional groups attached to an aromatic ring is 1. The van der Waals surface area contributed by atoms with E-state index in [2.05, 4.69) is 17.1 Å². The fourth-order valence-corrected chi connectivity index (χ4v) is 3.18. The van der Waals surface area contributed by atoms with Crippen LogP contribution in [-0.4, -0.2) is 16.8 Å². The lowest BCUT2D eigenvalue weighted by Crippen LogP contribution is -1.97. The number of ether oxygens (including phenoxy) is 1. The molecule has 2 aromatic rings. The van der Waals surface area contributed by atoms with Crippen molar-refractivity contribution in [3.8, 4) is 17.2 Å². The van der Waals surface area contributed by atoms with Crippen molar-refractivity contribution < 1.29 is 9.15 Å². The summed E-state index contributed by atoms with van der Waals surface area (Å²) in [5.41, 5.74) is 6.29. The predicted molar refractivity (Wildman–Crippen MR) is 111 cm³/mol. The van der Waals surface area contributed by atoms with Crippen molar-refractivity contribution in [2.45, 2.75) is 84.0 Å². The van der Waals surface area contributed by atoms with Gasteiger partial charge in [0, 0.05) is 5.56 Å². The van der Waals surface area contributed by atoms with Gasteiger partial charge in [0.2, 0.25) is 5.89 Å². The third kappa shape index (κ3) is 8.94. The minimum atomic E-state index is 0.0808. The summed E-state index contributed by atoms with van der Waals surface area (Å²) in [5.74, 6) is 1.30. The molecule has 0 unspecified atom stereocenters. The maximum atomic E-state index is 5.80. The minimum Gasteiger partial charge on any atom is -0.494 e. The smallest absolute Gasteiger partial charge is 0.313 e. The van der Waals surface area contributed by atoms with Gasteiger partial charge in [-0.3, -0.25) is 0 Å². The van der Waals surface area contributed by atoms with Crippen LogP contribution in [0.25, 0.3) is 11.5 Å². The highest BCUT2D eigenvalue weighted by Crippen LogP contribution is 2.22. The van der Waals surface area contributed by atoms with Crippen molar-refractivity contribution in [1.82, 2.24) is 10.2 Å². The monoisotopic (exact) mass is 373 g/mol. The molecular weight excluding hydrogens is 338 g/mol. The van der Waals surface area contributed by atoms with Crippen LogP contribution in [0.1, 0.15) is 84.0 Å². The van der Waals surface area contributed by atoms with Gasteiger partial charge in [-0.1, -0.05) is 82.7 Å². The van der Waals surface area contributed by atoms with Crippen LogP contribution in [0.2, 0.25) is 0 Å². The van der Waals surface area contributed by atoms with Crippen molar-refractivity contribution >= 4 is 6.01 Å². The molecule has 0 aliphatic carbocycles. The molecule has 0 bridgehead atoms. The summed E-state index contributed by atoms with van der Waals surface area (Å²) in [6.07, 6.45) is 16.2. The molecule has 0 aliphatic heterocycles. The van der Waals surface area contributed by atoms with E-state index in [0.717, 1.165) is 24.3 Å². The maximum absolute atomic E-state index is 5.80. The van der Waals surface area contributed by atoms with Gasteiger partial charge in [-0.05, 0) is 30.7 Å². The summed E-state index contributed by atoms with van der Waals surface area (Å²) >= 11 is 0. The van der Waals surface area contributed by atoms with E-state index in [9.17, 15) is 0 Å². The summed E-state index contributed by atoms with van der Waals surface area (Å²) in [6, 6.07) is 7.75. The molecule has 0 amide bonds. The van der Waals surface area contributed by atoms with E-state index < -0.39 is 0 Å². The molecular formula is C22H35N3O2. The standard InChI is InChI=1S/C22H35N3O2/c1-2-3-4-5-6-7-8-9-10-11-12-13-18-26-20-16-14-19(15-17-20)21-24-25-22(23)27-21/h14-17H,2-13,18H2,1H3,(H2,23,25). The first kappa shape index (κ1) is 21.3. The summed E-state index contributed by atoms with van der Waals surface area (Å²) in [4.78, 5) is 0. The molecule has 2 rings (SSSR count). The minimum absolute atomic E-state index is 0.0808. The van der Waals surface area contributed by atoms with E-state index in [0.29, 0.717) is 5.89 Å². The van der Waals surface area contributed by atoms with Crippen LogP contribution in [0.5, 0.6) is 5.75 Å². The zero-order valence-electron chi connectivity index (χ0n) is 16.8. The first-order valence-corrected chi connectivity index (χ1v) is 10.6. The lowest BCUT2D eigenvalue weighted by molar-refractivity contribution is 0.304. The fourth-order valence-electron chi connectivity index (χ4n) is 3.18. The third-order valence-corrected chi connectivity index (χ3v) is 4.81. The van der Waals surface area contributed by atoms with Crippen molar-refractivity contribution in [3.63, 3.8) is 0 Å². The molecule has 1 heterocycles. The van der Waals surface area contributed by atoms with E-state index in [-0.39, 0.29) is 6.01 Å². The lowest BCUT2D eigenvalue weighted by atomic mass is 10.1. The maximum Gasteiger partial charge on any atom is 0.313 e. The van der Waals surface area contributed by atoms with Gasteiger partial charge in [-0.25, -0.2) is 0 Å². The van der Waals surface area contributed by atoms with Crippen LogP contribution in [0, 0.1) is 0 Å². The second kappa shape index (κ2) is 13.2. The van der Waals surface area contributed by atoms with Crippen molar-refractivity contribution in [1.29, 1.82) is 0 Å². The topological polar surface area (TPSA) is 74.2 Å². The molecule has 0 spiro atoms. The zero-order valence-corrected chi connectivity index (χ0v) is 16.8. The average molecular weight is 374 g/mol. The van der Waals surface area contributed by atoms with Gasteiger partial charge in [0.15, 0.2) is 0 Å². The predicted octanol–water partition coefficient (Wildman–Crippen LogP) is 6.40. The van der Waals surface area contributed by atoms with E-state index in [1.54, 1.807) is 0 Å². The van der Waals surface area contributed by atoms with Crippen LogP contribution in [-0.2, 0) is 0 Å². The molecule has 0 fully saturated rings. The molecule has 2 N–H and O–H groups in total. The molecule has 5 heteroatoms. The highest BCUT2D eigenvalue weighted by Gasteiger charge is 2.06. The Morgan fingerprint density at radius 2 is 1.33 bits per heavy atom. The molecule has 1 aromatic heterocycles. The van der Waals surface area contributed by atoms with Gasteiger partial charge in [-0.2, -0.15) is 0 Å². The fraction of sp³-hybridized carbons (Fsp3) is 0.636. The molecule has 5 nitrogen and oxygen atoms in total. The van der Waals surface area contributed by atoms with Crippen molar-refractivity contribution in [3.05, 3.63) is 24.3 Å². The first-order chi connectivity index (χ1) is 13.3. The van der Waals surface area contributed by atoms with Gasteiger partial charge < -0.3 is 14.9 Å². The molecule has 27 heavy (non-hydrogen) atoms. The highest BCUT2D eigenvalue weighted by atomic mass is 16.5. The second-order valence-electron chi connectivity index (χ2n) is 7.21. The summed E-state index contributed by atoms with van der Waals surface area (Å²) in [7, 11) is 0. The zero-order chi connectivity index (χ0) is 19.2. The number of hydrogen-bond donors (Lipinski definition) is 1. The Bertz CT molecular complexity index is 610. The summed E-state index contributed by atoms with van der Waals surface area (Å²) in [5, 5.41) is 7.53. The van der Waals surface area contributed by atoms with Crippen LogP contribution in [0.15, 0.2) is 28.7 Å². The van der Waals surface area contributed by atoms with E-state index >= 15 is 0 Å². The van der Waals surface area contributed by atoms with Crippen LogP contribution >= 0.6 is 0 Å². The van der Waals surface area contributed by atoms with Crippen molar-refractivity contribution in [2.75, 3.05) is 12.3 Å². The van der Waals surface area contributed by atoms with Gasteiger partial charge in [0.25, 0.3) is 0 Å². The van der Waals surface area contributed by atoms with E-state index in [1.165, 1.54) is 70.6 Å². The van der Waals surface area contributed by atoms with Crippen LogP contribution < -0.4 is 10.5 Å². The van der Waals surface area contributed by atoms with Gasteiger partial charge in [0.05, 0.1) is 6.61 Å². The molecule has 0 atom stereocenters. The number of anilines is 1. The number of aromatic nitrogens is 2. The van der Waals surface area contributed by atoms with E-state index in [1.807, 2.05) is 24.3 Å². The van der Waals surface area contributed by atoms with Gasteiger partial charge >= 0.3 is 6.01 Å². The number of nitrogens with two attached hydrogens (primary N) is 1. The number of unbranched alkanes of at least 4 members (excludes halogenated alkanes) is 11. The Kier molecular flexibility index (Phi) is 10.4. The first-order valence-electron chi connectivity index (χ1n) is 10.6. The Labute approximate surface area is 163 Å². The Balaban J connectivity index is 1.44. The van der Waals surface area contributed by atoms with E-state index in [4.69, 9.17) is 14.9 Å². The number of benzene rings is 1. The molecule has 150 valence electrons. The quantitative estimate of drug-likeness (QED) is 0.366. The second-order valence-corrected chi connectivity index (χ2v) is 7.21. The lowest BCUT2D eigenvalue weighted by Gasteiger charge is -2.06. The van der Waals surface area contributed by atoms with Gasteiger partial charge in [-0.15, -0.1) is 5.10 Å². The summed E-state index contributed by atoms with van der Waals surface area (Å²) < 4.78 is 11.0. The molecule has 0 saturated carbocycles. The van der Waals surface area contributed by atoms with Gasteiger partial charge in [0.1, 0.15) is 5.75 Å². The van der Waals surface area contributed by atoms with Crippen LogP contribution in [0.3, 0.4) is 0 Å². The molecule has 0 aliphatic rings. The third-order valence-electron chi connectivity index (χ3n) is 4.81. The largest absolute Gasteiger partial charge is 0.494 e. The van der Waals surface area contributed by atoms with Crippen LogP contribution in [0.4, 0.5) is 6.01 Å². The van der Waals surface area contributed by atoms with Crippen molar-refractivity contribution in [2.24, 2.45) is 0 Å². The summed E-state index contributed by atoms with van der Waals surface area (Å²) in [6.45, 7) is 3.04. The highest BCUT2D eigenvalue weighted by molar-refractivity contribution is 5.54. The number of nitrogens with zero attached hydrogens (tertiary/aromatic N) is 2. The Morgan fingerprint density at radius 1 is 0.778 bits per heavy atom. The molecule has 0 radical (unpaired) electrons. The number of rotatable bonds is 15. The molecule has 0 saturated heterocycles. The Morgan fingerprint density at radius 3 is 1.85 bits per heavy atom. The SMILES string of the molecule is CCCCCCCCCCCCCCOc1ccc(-c2nnc(N)o2)cc1. The number of hydrogen-bond acceptors (Lipinski definition) is 5. The normalized spacial score (nSPS) is 11.0. The molecule has 1 aromatic carbocycles. The Hall–Kier alpha value is -2.04. The average Bonchev–Trinajstić information content (AvgIpc) is 3.12.